The van der Waals surface area contributed by atoms with Crippen LogP contribution in [0.1, 0.15) is 0 Å². The Morgan fingerprint density at radius 1 is 0.129 bits per heavy atom. The summed E-state index contributed by atoms with van der Waals surface area (Å²) in [5, 5.41) is 7.99. The van der Waals surface area contributed by atoms with Gasteiger partial charge in [-0.05, 0) is 72.8 Å². The topological polar surface area (TPSA) is 0 Å². The summed E-state index contributed by atoms with van der Waals surface area (Å²) in [7, 11) is -3.54. The molecule has 0 amide bonds. The Kier molecular flexibility index (Phi) is 29.6. The monoisotopic (exact) mass is 1980 g/mol. The highest BCUT2D eigenvalue weighted by Gasteiger charge is 2.56. The van der Waals surface area contributed by atoms with E-state index in [1.165, 1.54) is 31.8 Å². The van der Waals surface area contributed by atoms with Crippen LogP contribution in [0.3, 0.4) is 0 Å². The van der Waals surface area contributed by atoms with E-state index in [1.54, 1.807) is 0 Å². The molecule has 688 valence electrons. The first-order chi connectivity index (χ1) is 62.2. The Labute approximate surface area is 724 Å². The fraction of sp³-hybridized carbons (Fsp3) is 0.0233. The molecule has 0 fully saturated rings. The molecule has 0 spiro atoms. The predicted octanol–water partition coefficient (Wildman–Crippen LogP) is 20.0. The molecule has 0 aliphatic heterocycles. The zero-order valence-corrected chi connectivity index (χ0v) is 67.0. The molecule has 0 aliphatic carbocycles. The molecular formula is C86H34B2Cl2F40P2. The van der Waals surface area contributed by atoms with Crippen molar-refractivity contribution in [3.63, 3.8) is 0 Å². The Morgan fingerprint density at radius 2 is 0.205 bits per heavy atom. The van der Waals surface area contributed by atoms with Crippen LogP contribution in [0, 0.1) is 233 Å². The summed E-state index contributed by atoms with van der Waals surface area (Å²) in [5.74, 6) is -143. The van der Waals surface area contributed by atoms with E-state index in [0.717, 1.165) is 0 Å². The largest absolute Gasteiger partial charge is 0.207 e. The van der Waals surface area contributed by atoms with Crippen LogP contribution in [0.15, 0.2) is 182 Å². The van der Waals surface area contributed by atoms with Gasteiger partial charge >= 0.3 is 0 Å². The lowest BCUT2D eigenvalue weighted by atomic mass is 9.12. The van der Waals surface area contributed by atoms with Gasteiger partial charge in [-0.3, -0.25) is 0 Å². The van der Waals surface area contributed by atoms with Crippen LogP contribution in [-0.4, -0.2) is 23.5 Å². The quantitative estimate of drug-likeness (QED) is 0.0226. The fourth-order valence-corrected chi connectivity index (χ4v) is 24.3. The lowest BCUT2D eigenvalue weighted by Gasteiger charge is -2.44. The maximum atomic E-state index is 15.4. The third kappa shape index (κ3) is 15.9. The molecule has 14 rings (SSSR count). The summed E-state index contributed by atoms with van der Waals surface area (Å²) in [6.07, 6.45) is -14.4. The zero-order chi connectivity index (χ0) is 97.8. The molecule has 0 radical (unpaired) electrons. The van der Waals surface area contributed by atoms with Crippen molar-refractivity contribution in [3.8, 4) is 0 Å². The molecule has 0 saturated carbocycles. The van der Waals surface area contributed by atoms with Gasteiger partial charge in [-0.15, -0.1) is 43.7 Å². The van der Waals surface area contributed by atoms with E-state index in [4.69, 9.17) is 23.2 Å². The van der Waals surface area contributed by atoms with Crippen LogP contribution in [0.25, 0.3) is 0 Å². The smallest absolute Gasteiger partial charge is 0.200 e. The number of benzene rings is 14. The van der Waals surface area contributed by atoms with Crippen molar-refractivity contribution in [2.75, 3.05) is 11.2 Å². The summed E-state index contributed by atoms with van der Waals surface area (Å²) in [5.41, 5.74) is -27.4. The van der Waals surface area contributed by atoms with Crippen molar-refractivity contribution in [1.82, 2.24) is 0 Å². The first kappa shape index (κ1) is 100. The van der Waals surface area contributed by atoms with Gasteiger partial charge in [0.1, 0.15) is 163 Å². The second-order valence-corrected chi connectivity index (χ2v) is 35.7. The first-order valence-electron chi connectivity index (χ1n) is 35.8. The van der Waals surface area contributed by atoms with Crippen molar-refractivity contribution in [3.05, 3.63) is 415 Å². The van der Waals surface area contributed by atoms with E-state index in [2.05, 4.69) is 182 Å². The van der Waals surface area contributed by atoms with Crippen LogP contribution >= 0.6 is 37.7 Å². The number of rotatable bonds is 16. The molecule has 0 bridgehead atoms. The summed E-state index contributed by atoms with van der Waals surface area (Å²) in [6, 6.07) is 64.0. The molecule has 0 nitrogen and oxygen atoms in total. The molecule has 0 heterocycles. The molecule has 0 aromatic heterocycles. The van der Waals surface area contributed by atoms with E-state index in [-0.39, 0.29) is 0 Å². The molecule has 0 unspecified atom stereocenters. The Bertz CT molecular complexity index is 5480. The van der Waals surface area contributed by atoms with Gasteiger partial charge in [-0.1, -0.05) is 132 Å². The van der Waals surface area contributed by atoms with Crippen molar-refractivity contribution in [1.29, 1.82) is 0 Å². The highest BCUT2D eigenvalue weighted by Crippen LogP contribution is 2.57. The number of hydrogen-bond acceptors (Lipinski definition) is 0. The number of hydrogen-bond donors (Lipinski definition) is 0. The minimum atomic E-state index is -7.22. The third-order valence-corrected chi connectivity index (χ3v) is 30.9. The molecule has 0 atom stereocenters. The second kappa shape index (κ2) is 39.0. The van der Waals surface area contributed by atoms with Gasteiger partial charge in [0.2, 0.25) is 0 Å². The van der Waals surface area contributed by atoms with Crippen molar-refractivity contribution in [2.45, 2.75) is 0 Å². The maximum Gasteiger partial charge on any atom is 0.200 e. The van der Waals surface area contributed by atoms with E-state index < -0.39 is 303 Å². The molecular weight excluding hydrogens is 1950 g/mol. The van der Waals surface area contributed by atoms with Crippen LogP contribution < -0.4 is 75.5 Å². The molecule has 0 aliphatic rings. The standard InChI is InChI=1S/2C24BF20.2C19H17ClP/c2*26-5-1(6(27)14(35)21(42)13(5)34)25(2-7(28)15(36)22(43)16(37)8(2)29,3-9(30)17(38)23(44)18(39)10(3)31)4-11(32)19(40)24(45)20(41)12(4)33;2*20-16-21(17-10-4-1-5-11-17,18-12-6-2-7-13-18)19-14-8-3-9-15-19/h;;2*1-15H,16H2/q2*-1;2*+1. The van der Waals surface area contributed by atoms with E-state index in [9.17, 15) is 105 Å². The van der Waals surface area contributed by atoms with Gasteiger partial charge in [0.05, 0.1) is 0 Å². The Morgan fingerprint density at radius 3 is 0.280 bits per heavy atom. The van der Waals surface area contributed by atoms with Gasteiger partial charge in [0.25, 0.3) is 0 Å². The lowest BCUT2D eigenvalue weighted by Crippen LogP contribution is -2.81. The highest BCUT2D eigenvalue weighted by molar-refractivity contribution is 7.97. The van der Waals surface area contributed by atoms with E-state index in [1.807, 2.05) is 0 Å². The number of halogens is 42. The van der Waals surface area contributed by atoms with Gasteiger partial charge in [-0.25, -0.2) is 176 Å². The summed E-state index contributed by atoms with van der Waals surface area (Å²) >= 11 is 13.2. The van der Waals surface area contributed by atoms with Gasteiger partial charge in [-0.2, -0.15) is 0 Å². The van der Waals surface area contributed by atoms with E-state index in [0.29, 0.717) is 11.2 Å². The molecule has 14 aromatic rings. The molecule has 0 N–H and O–H groups in total. The van der Waals surface area contributed by atoms with Crippen LogP contribution in [0.2, 0.25) is 0 Å². The highest BCUT2D eigenvalue weighted by atomic mass is 35.5. The van der Waals surface area contributed by atoms with Crippen LogP contribution in [0.4, 0.5) is 176 Å². The summed E-state index contributed by atoms with van der Waals surface area (Å²) in [6.45, 7) is 0. The molecule has 0 saturated heterocycles. The van der Waals surface area contributed by atoms with Crippen molar-refractivity contribution >= 4 is 126 Å². The predicted molar refractivity (Wildman–Crippen MR) is 410 cm³/mol. The van der Waals surface area contributed by atoms with Crippen LogP contribution in [0.5, 0.6) is 0 Å². The van der Waals surface area contributed by atoms with Crippen LogP contribution in [-0.2, 0) is 0 Å². The van der Waals surface area contributed by atoms with E-state index >= 15 is 70.2 Å². The SMILES string of the molecule is ClC[P+](c1ccccc1)(c1ccccc1)c1ccccc1.ClC[P+](c1ccccc1)(c1ccccc1)c1ccccc1.Fc1c(F)c(F)c([B-](c2c(F)c(F)c(F)c(F)c2F)(c2c(F)c(F)c(F)c(F)c2F)c2c(F)c(F)c(F)c(F)c2F)c(F)c1F.Fc1c(F)c(F)c([B-](c2c(F)c(F)c(F)c(F)c2F)(c2c(F)c(F)c(F)c(F)c2F)c2c(F)c(F)c(F)c(F)c2F)c(F)c1F. The normalized spacial score (nSPS) is 11.8. The minimum absolute atomic E-state index is 0.616. The maximum absolute atomic E-state index is 15.4. The Balaban J connectivity index is 0.000000180. The van der Waals surface area contributed by atoms with Gasteiger partial charge in [0.15, 0.2) is 140 Å². The van der Waals surface area contributed by atoms with Gasteiger partial charge in [0, 0.05) is 0 Å². The van der Waals surface area contributed by atoms with Crippen molar-refractivity contribution in [2.24, 2.45) is 0 Å². The third-order valence-electron chi connectivity index (χ3n) is 21.0. The summed E-state index contributed by atoms with van der Waals surface area (Å²) < 4.78 is 588. The summed E-state index contributed by atoms with van der Waals surface area (Å²) in [4.78, 5) is 0. The molecule has 14 aromatic carbocycles. The minimum Gasteiger partial charge on any atom is -0.207 e. The molecule has 132 heavy (non-hydrogen) atoms. The second-order valence-electron chi connectivity index (χ2n) is 27.5. The Hall–Kier alpha value is -12.2. The average Bonchev–Trinajstić information content (AvgIpc) is 0.682. The lowest BCUT2D eigenvalue weighted by molar-refractivity contribution is 0.377. The fourth-order valence-electron chi connectivity index (χ4n) is 15.2. The van der Waals surface area contributed by atoms with Crippen molar-refractivity contribution < 1.29 is 176 Å². The first-order valence-corrected chi connectivity index (χ1v) is 40.9. The van der Waals surface area contributed by atoms with Gasteiger partial charge < -0.3 is 0 Å². The molecule has 46 heteroatoms. The zero-order valence-electron chi connectivity index (χ0n) is 63.7. The number of alkyl halides is 2. The average molecular weight is 1980 g/mol.